The molecule has 1 aliphatic heterocycles. The molecule has 0 bridgehead atoms. The second-order valence-corrected chi connectivity index (χ2v) is 11.0. The molecule has 4 rings (SSSR count). The van der Waals surface area contributed by atoms with Gasteiger partial charge in [0.2, 0.25) is 5.91 Å². The zero-order chi connectivity index (χ0) is 26.6. The number of alkyl halides is 2. The first kappa shape index (κ1) is 27.7. The molecule has 2 atom stereocenters. The number of aliphatic imine (C=N–C) groups is 1. The van der Waals surface area contributed by atoms with E-state index in [9.17, 15) is 4.79 Å². The lowest BCUT2D eigenvalue weighted by Crippen LogP contribution is -2.58. The Labute approximate surface area is 221 Å². The molecule has 1 saturated heterocycles. The Kier molecular flexibility index (Phi) is 9.01. The SMILES string of the molecule is CN=C/C(=C\N)c1cccc(CC(=O)N[C@@H]2[C@@H](OC3CCN(C(C)C)CC3)CCCC2(F)F)c1C1CC1.[HH]. The summed E-state index contributed by atoms with van der Waals surface area (Å²) in [4.78, 5) is 19.7. The van der Waals surface area contributed by atoms with E-state index in [-0.39, 0.29) is 20.4 Å². The van der Waals surface area contributed by atoms with Gasteiger partial charge >= 0.3 is 0 Å². The normalized spacial score (nSPS) is 25.6. The van der Waals surface area contributed by atoms with Crippen LogP contribution in [0, 0.1) is 0 Å². The van der Waals surface area contributed by atoms with E-state index in [4.69, 9.17) is 10.5 Å². The summed E-state index contributed by atoms with van der Waals surface area (Å²) >= 11 is 0. The van der Waals surface area contributed by atoms with Gasteiger partial charge in [0.15, 0.2) is 0 Å². The molecule has 0 unspecified atom stereocenters. The van der Waals surface area contributed by atoms with E-state index in [1.54, 1.807) is 13.3 Å². The summed E-state index contributed by atoms with van der Waals surface area (Å²) in [5, 5.41) is 2.71. The van der Waals surface area contributed by atoms with Crippen LogP contribution in [0.25, 0.3) is 5.57 Å². The van der Waals surface area contributed by atoms with Gasteiger partial charge in [0.1, 0.15) is 6.04 Å². The largest absolute Gasteiger partial charge is 0.404 e. The first-order valence-corrected chi connectivity index (χ1v) is 13.8. The van der Waals surface area contributed by atoms with Crippen molar-refractivity contribution in [2.24, 2.45) is 10.7 Å². The highest BCUT2D eigenvalue weighted by Crippen LogP contribution is 2.45. The maximum absolute atomic E-state index is 15.1. The first-order chi connectivity index (χ1) is 17.7. The maximum Gasteiger partial charge on any atom is 0.270 e. The highest BCUT2D eigenvalue weighted by molar-refractivity contribution is 6.10. The predicted molar refractivity (Wildman–Crippen MR) is 146 cm³/mol. The Balaban J connectivity index is 0.00000400. The quantitative estimate of drug-likeness (QED) is 0.455. The number of nitrogens with two attached hydrogens (primary N) is 1. The summed E-state index contributed by atoms with van der Waals surface area (Å²) < 4.78 is 36.5. The third-order valence-corrected chi connectivity index (χ3v) is 8.01. The first-order valence-electron chi connectivity index (χ1n) is 13.8. The van der Waals surface area contributed by atoms with E-state index in [2.05, 4.69) is 29.1 Å². The number of rotatable bonds is 9. The van der Waals surface area contributed by atoms with Crippen molar-refractivity contribution in [3.05, 3.63) is 41.1 Å². The Bertz CT molecular complexity index is 1000. The van der Waals surface area contributed by atoms with Gasteiger partial charge in [-0.3, -0.25) is 9.79 Å². The highest BCUT2D eigenvalue weighted by atomic mass is 19.3. The van der Waals surface area contributed by atoms with E-state index >= 15 is 8.78 Å². The molecule has 3 N–H and O–H groups in total. The Hall–Kier alpha value is -2.32. The molecule has 6 nitrogen and oxygen atoms in total. The van der Waals surface area contributed by atoms with Gasteiger partial charge in [-0.25, -0.2) is 8.78 Å². The average molecular weight is 519 g/mol. The summed E-state index contributed by atoms with van der Waals surface area (Å²) in [6, 6.07) is 4.96. The zero-order valence-corrected chi connectivity index (χ0v) is 22.4. The lowest BCUT2D eigenvalue weighted by atomic mass is 9.87. The van der Waals surface area contributed by atoms with Crippen molar-refractivity contribution in [3.63, 3.8) is 0 Å². The topological polar surface area (TPSA) is 79.9 Å². The van der Waals surface area contributed by atoms with Crippen LogP contribution in [0.15, 0.2) is 29.4 Å². The van der Waals surface area contributed by atoms with Gasteiger partial charge in [0.25, 0.3) is 5.92 Å². The van der Waals surface area contributed by atoms with Crippen LogP contribution in [-0.4, -0.2) is 67.4 Å². The predicted octanol–water partition coefficient (Wildman–Crippen LogP) is 4.91. The minimum absolute atomic E-state index is 0. The average Bonchev–Trinajstić information content (AvgIpc) is 3.70. The fraction of sp³-hybridized carbons (Fsp3) is 0.655. The summed E-state index contributed by atoms with van der Waals surface area (Å²) in [6.45, 7) is 6.15. The van der Waals surface area contributed by atoms with E-state index in [1.807, 2.05) is 18.2 Å². The van der Waals surface area contributed by atoms with E-state index in [0.717, 1.165) is 61.0 Å². The van der Waals surface area contributed by atoms with Gasteiger partial charge in [-0.1, -0.05) is 18.2 Å². The molecule has 2 aliphatic carbocycles. The third-order valence-electron chi connectivity index (χ3n) is 8.01. The minimum atomic E-state index is -2.99. The Morgan fingerprint density at radius 3 is 2.62 bits per heavy atom. The van der Waals surface area contributed by atoms with Gasteiger partial charge in [-0.15, -0.1) is 0 Å². The minimum Gasteiger partial charge on any atom is -0.404 e. The van der Waals surface area contributed by atoms with Gasteiger partial charge < -0.3 is 20.7 Å². The molecule has 8 heteroatoms. The number of likely N-dealkylation sites (tertiary alicyclic amines) is 1. The lowest BCUT2D eigenvalue weighted by Gasteiger charge is -2.42. The molecule has 0 aromatic heterocycles. The number of hydrogen-bond donors (Lipinski definition) is 2. The smallest absolute Gasteiger partial charge is 0.270 e. The van der Waals surface area contributed by atoms with Crippen molar-refractivity contribution in [1.82, 2.24) is 10.2 Å². The van der Waals surface area contributed by atoms with E-state index in [1.165, 1.54) is 6.20 Å². The Morgan fingerprint density at radius 1 is 1.27 bits per heavy atom. The number of ether oxygens (including phenoxy) is 1. The van der Waals surface area contributed by atoms with E-state index in [0.29, 0.717) is 24.8 Å². The lowest BCUT2D eigenvalue weighted by molar-refractivity contribution is -0.157. The van der Waals surface area contributed by atoms with Gasteiger partial charge in [-0.05, 0) is 75.0 Å². The number of piperidine rings is 1. The molecule has 1 heterocycles. The summed E-state index contributed by atoms with van der Waals surface area (Å²) in [5.74, 6) is -3.04. The van der Waals surface area contributed by atoms with Crippen molar-refractivity contribution < 1.29 is 19.7 Å². The zero-order valence-electron chi connectivity index (χ0n) is 22.4. The van der Waals surface area contributed by atoms with Crippen LogP contribution in [0.2, 0.25) is 0 Å². The fourth-order valence-corrected chi connectivity index (χ4v) is 5.87. The number of nitrogens with one attached hydrogen (secondary N) is 1. The van der Waals surface area contributed by atoms with Crippen molar-refractivity contribution in [3.8, 4) is 0 Å². The molecule has 1 amide bonds. The second-order valence-electron chi connectivity index (χ2n) is 11.0. The van der Waals surface area contributed by atoms with Crippen LogP contribution < -0.4 is 11.1 Å². The summed E-state index contributed by atoms with van der Waals surface area (Å²) in [6.07, 6.45) is 7.00. The molecule has 3 fully saturated rings. The number of amides is 1. The van der Waals surface area contributed by atoms with Crippen molar-refractivity contribution in [1.29, 1.82) is 0 Å². The number of carbonyl (C=O) groups is 1. The molecule has 0 spiro atoms. The summed E-state index contributed by atoms with van der Waals surface area (Å²) in [7, 11) is 1.69. The monoisotopic (exact) mass is 518 g/mol. The van der Waals surface area contributed by atoms with Gasteiger partial charge in [0.05, 0.1) is 18.6 Å². The molecule has 1 aromatic rings. The van der Waals surface area contributed by atoms with E-state index < -0.39 is 24.0 Å². The molecule has 206 valence electrons. The van der Waals surface area contributed by atoms with Gasteiger partial charge in [-0.2, -0.15) is 0 Å². The van der Waals surface area contributed by atoms with Crippen LogP contribution >= 0.6 is 0 Å². The van der Waals surface area contributed by atoms with Crippen LogP contribution in [-0.2, 0) is 16.0 Å². The standard InChI is InChI=1S/C29H42F2N4O2.H2/c1-19(2)35-14-11-23(12-15-35)37-25-8-5-13-29(30,31)28(25)34-26(36)16-21-6-4-7-24(22(17-32)18-33-3)27(21)20-9-10-20;/h4,6-7,17-20,23,25,28H,5,8-16,32H2,1-3H3,(H,34,36);1H/b22-17+,33-18?;/t25-,28+;/m0./s1. The number of allylic oxidation sites excluding steroid dienone is 1. The summed E-state index contributed by atoms with van der Waals surface area (Å²) in [5.41, 5.74) is 9.56. The molecular weight excluding hydrogens is 474 g/mol. The molecular formula is C29H44F2N4O2. The van der Waals surface area contributed by atoms with Gasteiger partial charge in [0, 0.05) is 52.0 Å². The van der Waals surface area contributed by atoms with Crippen LogP contribution in [0.5, 0.6) is 0 Å². The third kappa shape index (κ3) is 6.77. The second kappa shape index (κ2) is 12.0. The maximum atomic E-state index is 15.1. The Morgan fingerprint density at radius 2 is 2.00 bits per heavy atom. The number of nitrogens with zero attached hydrogens (tertiary/aromatic N) is 2. The number of carbonyl (C=O) groups excluding carboxylic acids is 1. The van der Waals surface area contributed by atoms with Crippen molar-refractivity contribution in [2.45, 2.75) is 101 Å². The molecule has 2 saturated carbocycles. The highest BCUT2D eigenvalue weighted by Gasteiger charge is 2.49. The fourth-order valence-electron chi connectivity index (χ4n) is 5.87. The molecule has 0 radical (unpaired) electrons. The molecule has 3 aliphatic rings. The van der Waals surface area contributed by atoms with Crippen molar-refractivity contribution in [2.75, 3.05) is 20.1 Å². The van der Waals surface area contributed by atoms with Crippen LogP contribution in [0.3, 0.4) is 0 Å². The molecule has 37 heavy (non-hydrogen) atoms. The molecule has 1 aromatic carbocycles. The number of halogens is 2. The van der Waals surface area contributed by atoms with Crippen LogP contribution in [0.4, 0.5) is 8.78 Å². The number of hydrogen-bond acceptors (Lipinski definition) is 5. The van der Waals surface area contributed by atoms with Crippen LogP contribution in [0.1, 0.15) is 82.8 Å². The van der Waals surface area contributed by atoms with Crippen molar-refractivity contribution >= 4 is 17.7 Å². The number of benzene rings is 1.